The van der Waals surface area contributed by atoms with Crippen molar-refractivity contribution < 1.29 is 0 Å². The molecule has 0 bridgehead atoms. The summed E-state index contributed by atoms with van der Waals surface area (Å²) in [6.07, 6.45) is 0. The number of para-hydroxylation sites is 1. The zero-order valence-electron chi connectivity index (χ0n) is 43.6. The Bertz CT molecular complexity index is 3390. The maximum absolute atomic E-state index is 2.59. The Morgan fingerprint density at radius 2 is 0.901 bits per heavy atom. The number of fused-ring (bicyclic) bond motifs is 6. The largest absolute Gasteiger partial charge is 0.311 e. The predicted octanol–water partition coefficient (Wildman–Crippen LogP) is 17.3. The van der Waals surface area contributed by atoms with Crippen LogP contribution in [0.3, 0.4) is 0 Å². The molecule has 0 radical (unpaired) electrons. The smallest absolute Gasteiger partial charge is 0.264 e. The van der Waals surface area contributed by atoms with Crippen molar-refractivity contribution in [2.45, 2.75) is 105 Å². The Kier molecular flexibility index (Phi) is 11.1. The number of hydrogen-bond donors (Lipinski definition) is 0. The lowest BCUT2D eigenvalue weighted by atomic mass is 9.36. The summed E-state index contributed by atoms with van der Waals surface area (Å²) in [6, 6.07) is 69.3. The summed E-state index contributed by atoms with van der Waals surface area (Å²) in [5.41, 5.74) is 21.0. The maximum Gasteiger partial charge on any atom is 0.264 e. The minimum absolute atomic E-state index is 0.00552. The Balaban J connectivity index is 1.20. The van der Waals surface area contributed by atoms with Crippen molar-refractivity contribution in [3.05, 3.63) is 204 Å². The second-order valence-corrected chi connectivity index (χ2v) is 25.0. The van der Waals surface area contributed by atoms with Crippen LogP contribution in [0, 0.1) is 0 Å². The van der Waals surface area contributed by atoms with Crippen LogP contribution in [0.25, 0.3) is 21.2 Å². The van der Waals surface area contributed by atoms with Gasteiger partial charge in [-0.15, -0.1) is 11.3 Å². The van der Waals surface area contributed by atoms with Crippen molar-refractivity contribution in [2.24, 2.45) is 0 Å². The molecule has 0 unspecified atom stereocenters. The van der Waals surface area contributed by atoms with E-state index in [9.17, 15) is 0 Å². The third-order valence-electron chi connectivity index (χ3n) is 14.9. The highest BCUT2D eigenvalue weighted by atomic mass is 32.1. The first kappa shape index (κ1) is 46.6. The van der Waals surface area contributed by atoms with Gasteiger partial charge in [-0.05, 0) is 139 Å². The van der Waals surface area contributed by atoms with Crippen molar-refractivity contribution in [3.8, 4) is 11.1 Å². The van der Waals surface area contributed by atoms with Gasteiger partial charge in [-0.1, -0.05) is 186 Å². The zero-order chi connectivity index (χ0) is 49.8. The van der Waals surface area contributed by atoms with Gasteiger partial charge in [-0.2, -0.15) is 0 Å². The Labute approximate surface area is 427 Å². The lowest BCUT2D eigenvalue weighted by Crippen LogP contribution is -2.60. The molecule has 0 aliphatic carbocycles. The summed E-state index contributed by atoms with van der Waals surface area (Å²) in [6.45, 7) is 27.6. The van der Waals surface area contributed by atoms with Crippen LogP contribution in [0.2, 0.25) is 0 Å². The van der Waals surface area contributed by atoms with Crippen molar-refractivity contribution in [1.82, 2.24) is 0 Å². The molecule has 0 saturated carbocycles. The first-order valence-electron chi connectivity index (χ1n) is 25.5. The average molecular weight is 944 g/mol. The molecule has 71 heavy (non-hydrogen) atoms. The molecule has 0 saturated heterocycles. The number of benzene rings is 8. The van der Waals surface area contributed by atoms with Gasteiger partial charge in [0.05, 0.1) is 11.4 Å². The second-order valence-electron chi connectivity index (χ2n) is 23.9. The van der Waals surface area contributed by atoms with Crippen molar-refractivity contribution in [1.29, 1.82) is 0 Å². The predicted molar refractivity (Wildman–Crippen MR) is 311 cm³/mol. The average Bonchev–Trinajstić information content (AvgIpc) is 3.72. The summed E-state index contributed by atoms with van der Waals surface area (Å²) in [5, 5.41) is 1.31. The molecule has 8 aromatic carbocycles. The summed E-state index contributed by atoms with van der Waals surface area (Å²) >= 11 is 1.96. The normalized spacial score (nSPS) is 13.5. The van der Waals surface area contributed by atoms with E-state index in [0.717, 1.165) is 22.7 Å². The van der Waals surface area contributed by atoms with Crippen molar-refractivity contribution in [3.63, 3.8) is 0 Å². The van der Waals surface area contributed by atoms with Gasteiger partial charge in [0.25, 0.3) is 6.71 Å². The van der Waals surface area contributed by atoms with E-state index in [2.05, 4.69) is 280 Å². The van der Waals surface area contributed by atoms with Crippen molar-refractivity contribution >= 4 is 95.0 Å². The van der Waals surface area contributed by atoms with E-state index in [1.807, 2.05) is 11.3 Å². The van der Waals surface area contributed by atoms with Crippen LogP contribution in [-0.4, -0.2) is 6.71 Å². The molecule has 1 aromatic heterocycles. The van der Waals surface area contributed by atoms with E-state index < -0.39 is 0 Å². The molecule has 2 aliphatic rings. The summed E-state index contributed by atoms with van der Waals surface area (Å²) in [7, 11) is 0. The third kappa shape index (κ3) is 8.17. The standard InChI is InChI=1S/C66H66BN3S/c1-63(2,3)44-25-32-48(33-26-44)68(49-34-27-45(28-35-49)64(4,5)6)51-38-39-54-58(42-51)70(55-22-17-16-21-52(55)43-19-14-13-15-20-43)57-24-18-23-56-60(57)67(54)62-61(53-41-47(66(10,11)12)31-40-59(53)71-62)69(56)50-36-29-46(30-37-50)65(7,8)9/h13-42H,1-12H3. The van der Waals surface area contributed by atoms with Gasteiger partial charge in [0.2, 0.25) is 0 Å². The van der Waals surface area contributed by atoms with Crippen LogP contribution in [0.15, 0.2) is 182 Å². The molecular formula is C66H66BN3S. The molecular weight excluding hydrogens is 878 g/mol. The van der Waals surface area contributed by atoms with E-state index >= 15 is 0 Å². The van der Waals surface area contributed by atoms with E-state index in [0.29, 0.717) is 0 Å². The SMILES string of the molecule is CC(C)(C)c1ccc(N(c2ccc(C(C)(C)C)cc2)c2ccc3c(c2)N(c2ccccc2-c2ccccc2)c2cccc4c2B3c2sc3ccc(C(C)(C)C)cc3c2N4c2ccc(C(C)(C)C)cc2)cc1. The Morgan fingerprint density at radius 3 is 1.48 bits per heavy atom. The van der Waals surface area contributed by atoms with Gasteiger partial charge in [0.1, 0.15) is 0 Å². The van der Waals surface area contributed by atoms with Gasteiger partial charge >= 0.3 is 0 Å². The van der Waals surface area contributed by atoms with Crippen molar-refractivity contribution in [2.75, 3.05) is 14.7 Å². The number of rotatable bonds is 6. The second kappa shape index (κ2) is 16.9. The van der Waals surface area contributed by atoms with Gasteiger partial charge in [-0.3, -0.25) is 0 Å². The highest BCUT2D eigenvalue weighted by molar-refractivity contribution is 7.33. The molecule has 0 N–H and O–H groups in total. The summed E-state index contributed by atoms with van der Waals surface area (Å²) < 4.78 is 2.69. The fraction of sp³-hybridized carbons (Fsp3) is 0.242. The molecule has 0 atom stereocenters. The first-order chi connectivity index (χ1) is 33.8. The summed E-state index contributed by atoms with van der Waals surface area (Å²) in [5.74, 6) is 0. The minimum atomic E-state index is -0.00781. The number of hydrogen-bond acceptors (Lipinski definition) is 4. The van der Waals surface area contributed by atoms with Crippen LogP contribution in [0.5, 0.6) is 0 Å². The number of anilines is 9. The van der Waals surface area contributed by atoms with E-state index in [1.54, 1.807) is 0 Å². The van der Waals surface area contributed by atoms with Gasteiger partial charge in [0, 0.05) is 60.2 Å². The number of thiophene rings is 1. The Morgan fingerprint density at radius 1 is 0.408 bits per heavy atom. The van der Waals surface area contributed by atoms with Gasteiger partial charge < -0.3 is 14.7 Å². The molecule has 0 fully saturated rings. The Hall–Kier alpha value is -6.82. The van der Waals surface area contributed by atoms with Crippen LogP contribution in [0.1, 0.15) is 105 Å². The molecule has 354 valence electrons. The fourth-order valence-corrected chi connectivity index (χ4v) is 12.1. The molecule has 9 aromatic rings. The van der Waals surface area contributed by atoms with Gasteiger partial charge in [-0.25, -0.2) is 0 Å². The molecule has 0 amide bonds. The highest BCUT2D eigenvalue weighted by Crippen LogP contribution is 2.51. The molecule has 3 nitrogen and oxygen atoms in total. The minimum Gasteiger partial charge on any atom is -0.311 e. The molecule has 0 spiro atoms. The fourth-order valence-electron chi connectivity index (χ4n) is 10.8. The van der Waals surface area contributed by atoms with E-state index in [4.69, 9.17) is 0 Å². The lowest BCUT2D eigenvalue weighted by molar-refractivity contribution is 0.590. The topological polar surface area (TPSA) is 9.72 Å². The van der Waals surface area contributed by atoms with Crippen LogP contribution in [-0.2, 0) is 21.7 Å². The molecule has 11 rings (SSSR count). The van der Waals surface area contributed by atoms with Crippen LogP contribution < -0.4 is 30.4 Å². The van der Waals surface area contributed by atoms with E-state index in [1.165, 1.54) is 87.6 Å². The first-order valence-corrected chi connectivity index (χ1v) is 26.3. The molecule has 2 aliphatic heterocycles. The molecule has 5 heteroatoms. The van der Waals surface area contributed by atoms with Gasteiger partial charge in [0.15, 0.2) is 0 Å². The lowest BCUT2D eigenvalue weighted by Gasteiger charge is -2.44. The quantitative estimate of drug-likeness (QED) is 0.154. The van der Waals surface area contributed by atoms with Crippen LogP contribution in [0.4, 0.5) is 51.2 Å². The highest BCUT2D eigenvalue weighted by Gasteiger charge is 2.46. The summed E-state index contributed by atoms with van der Waals surface area (Å²) in [4.78, 5) is 7.62. The maximum atomic E-state index is 2.59. The zero-order valence-corrected chi connectivity index (χ0v) is 44.5. The molecule has 3 heterocycles. The number of nitrogens with zero attached hydrogens (tertiary/aromatic N) is 3. The van der Waals surface area contributed by atoms with E-state index in [-0.39, 0.29) is 28.4 Å². The monoisotopic (exact) mass is 944 g/mol. The van der Waals surface area contributed by atoms with Crippen LogP contribution >= 0.6 is 11.3 Å². The third-order valence-corrected chi connectivity index (χ3v) is 16.1.